The molecule has 0 saturated heterocycles. The highest BCUT2D eigenvalue weighted by Crippen LogP contribution is 2.27. The van der Waals surface area contributed by atoms with Crippen LogP contribution in [-0.4, -0.2) is 8.42 Å². The van der Waals surface area contributed by atoms with Gasteiger partial charge in [-0.15, -0.1) is 0 Å². The summed E-state index contributed by atoms with van der Waals surface area (Å²) >= 11 is 0. The van der Waals surface area contributed by atoms with E-state index < -0.39 is 9.84 Å². The molecule has 0 spiro atoms. The van der Waals surface area contributed by atoms with Gasteiger partial charge in [0.2, 0.25) is 9.84 Å². The minimum atomic E-state index is -3.64. The molecule has 0 aliphatic heterocycles. The first-order valence-electron chi connectivity index (χ1n) is 15.1. The van der Waals surface area contributed by atoms with Crippen LogP contribution in [0, 0.1) is 0 Å². The van der Waals surface area contributed by atoms with Crippen LogP contribution < -0.4 is 0 Å². The standard InChI is InChI=1S/C42H34O2S/c43-45(44,39-27-21-33(22-28-39)25-31-41(35-13-5-1-6-14-35)36-15-7-2-8-16-36)40-29-23-34(24-30-40)26-32-42(37-17-9-3-10-18-37)38-19-11-4-12-20-38/h1-24,27-32H,25-26H2. The Morgan fingerprint density at radius 1 is 0.378 bits per heavy atom. The van der Waals surface area contributed by atoms with Crippen molar-refractivity contribution in [2.75, 3.05) is 0 Å². The highest BCUT2D eigenvalue weighted by molar-refractivity contribution is 7.91. The Morgan fingerprint density at radius 2 is 0.644 bits per heavy atom. The summed E-state index contributed by atoms with van der Waals surface area (Å²) in [5.41, 5.74) is 9.01. The summed E-state index contributed by atoms with van der Waals surface area (Å²) in [6, 6.07) is 55.8. The van der Waals surface area contributed by atoms with Crippen molar-refractivity contribution >= 4 is 21.0 Å². The number of hydrogen-bond donors (Lipinski definition) is 0. The molecule has 0 unspecified atom stereocenters. The van der Waals surface area contributed by atoms with Crippen molar-refractivity contribution in [1.82, 2.24) is 0 Å². The van der Waals surface area contributed by atoms with Gasteiger partial charge in [-0.1, -0.05) is 158 Å². The molecule has 220 valence electrons. The lowest BCUT2D eigenvalue weighted by Gasteiger charge is -2.10. The Labute approximate surface area is 266 Å². The van der Waals surface area contributed by atoms with E-state index in [4.69, 9.17) is 0 Å². The molecular weight excluding hydrogens is 569 g/mol. The normalized spacial score (nSPS) is 11.0. The molecule has 0 bridgehead atoms. The molecule has 6 rings (SSSR count). The topological polar surface area (TPSA) is 34.1 Å². The van der Waals surface area contributed by atoms with E-state index in [2.05, 4.69) is 60.7 Å². The molecule has 6 aromatic carbocycles. The number of allylic oxidation sites excluding steroid dienone is 2. The predicted octanol–water partition coefficient (Wildman–Crippen LogP) is 9.87. The zero-order valence-corrected chi connectivity index (χ0v) is 25.8. The fourth-order valence-electron chi connectivity index (χ4n) is 5.46. The Kier molecular flexibility index (Phi) is 9.29. The summed E-state index contributed by atoms with van der Waals surface area (Å²) in [6.07, 6.45) is 5.80. The van der Waals surface area contributed by atoms with E-state index in [0.717, 1.165) is 44.5 Å². The molecule has 6 aromatic rings. The van der Waals surface area contributed by atoms with Crippen LogP contribution in [0.2, 0.25) is 0 Å². The molecule has 3 heteroatoms. The summed E-state index contributed by atoms with van der Waals surface area (Å²) in [5, 5.41) is 0. The molecule has 45 heavy (non-hydrogen) atoms. The molecule has 0 aliphatic carbocycles. The second-order valence-corrected chi connectivity index (χ2v) is 12.8. The summed E-state index contributed by atoms with van der Waals surface area (Å²) < 4.78 is 27.0. The smallest absolute Gasteiger partial charge is 0.206 e. The third-order valence-electron chi connectivity index (χ3n) is 7.89. The summed E-state index contributed by atoms with van der Waals surface area (Å²) in [7, 11) is -3.64. The van der Waals surface area contributed by atoms with Gasteiger partial charge in [-0.2, -0.15) is 0 Å². The molecule has 0 amide bonds. The molecule has 0 aliphatic rings. The van der Waals surface area contributed by atoms with Crippen LogP contribution in [-0.2, 0) is 22.7 Å². The van der Waals surface area contributed by atoms with Crippen LogP contribution in [0.4, 0.5) is 0 Å². The van der Waals surface area contributed by atoms with Crippen molar-refractivity contribution < 1.29 is 8.42 Å². The van der Waals surface area contributed by atoms with Crippen LogP contribution in [0.1, 0.15) is 33.4 Å². The highest BCUT2D eigenvalue weighted by Gasteiger charge is 2.17. The summed E-state index contributed by atoms with van der Waals surface area (Å²) in [6.45, 7) is 0. The zero-order valence-electron chi connectivity index (χ0n) is 25.0. The molecule has 0 aromatic heterocycles. The molecule has 0 saturated carbocycles. The van der Waals surface area contributed by atoms with Gasteiger partial charge in [-0.3, -0.25) is 0 Å². The van der Waals surface area contributed by atoms with Crippen LogP contribution in [0.15, 0.2) is 192 Å². The lowest BCUT2D eigenvalue weighted by molar-refractivity contribution is 0.596. The predicted molar refractivity (Wildman–Crippen MR) is 186 cm³/mol. The molecule has 0 heterocycles. The van der Waals surface area contributed by atoms with E-state index >= 15 is 0 Å². The molecule has 0 atom stereocenters. The largest absolute Gasteiger partial charge is 0.219 e. The lowest BCUT2D eigenvalue weighted by atomic mass is 9.96. The maximum atomic E-state index is 13.5. The molecule has 0 radical (unpaired) electrons. The van der Waals surface area contributed by atoms with Gasteiger partial charge in [0, 0.05) is 0 Å². The zero-order chi connectivity index (χ0) is 30.9. The fraction of sp³-hybridized carbons (Fsp3) is 0.0476. The van der Waals surface area contributed by atoms with Gasteiger partial charge in [0.05, 0.1) is 9.79 Å². The monoisotopic (exact) mass is 602 g/mol. The SMILES string of the molecule is O=S(=O)(c1ccc(CC=C(c2ccccc2)c2ccccc2)cc1)c1ccc(CC=C(c2ccccc2)c2ccccc2)cc1. The maximum absolute atomic E-state index is 13.5. The highest BCUT2D eigenvalue weighted by atomic mass is 32.2. The van der Waals surface area contributed by atoms with E-state index in [1.54, 1.807) is 24.3 Å². The maximum Gasteiger partial charge on any atom is 0.206 e. The summed E-state index contributed by atoms with van der Waals surface area (Å²) in [5.74, 6) is 0. The lowest BCUT2D eigenvalue weighted by Crippen LogP contribution is -2.02. The number of rotatable bonds is 10. The number of benzene rings is 6. The van der Waals surface area contributed by atoms with Crippen LogP contribution in [0.25, 0.3) is 11.1 Å². The van der Waals surface area contributed by atoms with E-state index in [0.29, 0.717) is 22.6 Å². The quantitative estimate of drug-likeness (QED) is 0.156. The van der Waals surface area contributed by atoms with Crippen molar-refractivity contribution in [2.24, 2.45) is 0 Å². The van der Waals surface area contributed by atoms with Gasteiger partial charge >= 0.3 is 0 Å². The Morgan fingerprint density at radius 3 is 0.911 bits per heavy atom. The van der Waals surface area contributed by atoms with Gasteiger partial charge < -0.3 is 0 Å². The average molecular weight is 603 g/mol. The van der Waals surface area contributed by atoms with Gasteiger partial charge in [0.15, 0.2) is 0 Å². The third-order valence-corrected chi connectivity index (χ3v) is 9.68. The third kappa shape index (κ3) is 7.29. The second-order valence-electron chi connectivity index (χ2n) is 10.9. The van der Waals surface area contributed by atoms with Crippen molar-refractivity contribution in [3.05, 3.63) is 215 Å². The first-order valence-corrected chi connectivity index (χ1v) is 16.6. The summed E-state index contributed by atoms with van der Waals surface area (Å²) in [4.78, 5) is 0.592. The second kappa shape index (κ2) is 14.0. The van der Waals surface area contributed by atoms with Crippen molar-refractivity contribution in [1.29, 1.82) is 0 Å². The van der Waals surface area contributed by atoms with E-state index in [9.17, 15) is 8.42 Å². The fourth-order valence-corrected chi connectivity index (χ4v) is 6.72. The first-order chi connectivity index (χ1) is 22.1. The first kappa shape index (κ1) is 29.8. The Hall–Kier alpha value is -5.25. The van der Waals surface area contributed by atoms with Crippen molar-refractivity contribution in [3.8, 4) is 0 Å². The van der Waals surface area contributed by atoms with Crippen LogP contribution >= 0.6 is 0 Å². The van der Waals surface area contributed by atoms with Crippen LogP contribution in [0.5, 0.6) is 0 Å². The van der Waals surface area contributed by atoms with Crippen molar-refractivity contribution in [3.63, 3.8) is 0 Å². The minimum Gasteiger partial charge on any atom is -0.219 e. The molecule has 0 fully saturated rings. The Bertz CT molecular complexity index is 1770. The minimum absolute atomic E-state index is 0.296. The average Bonchev–Trinajstić information content (AvgIpc) is 3.11. The molecule has 0 N–H and O–H groups in total. The molecular formula is C42H34O2S. The van der Waals surface area contributed by atoms with Gasteiger partial charge in [0.25, 0.3) is 0 Å². The molecule has 2 nitrogen and oxygen atoms in total. The Balaban J connectivity index is 1.18. The van der Waals surface area contributed by atoms with Crippen LogP contribution in [0.3, 0.4) is 0 Å². The number of sulfone groups is 1. The van der Waals surface area contributed by atoms with E-state index in [1.165, 1.54) is 0 Å². The van der Waals surface area contributed by atoms with Crippen molar-refractivity contribution in [2.45, 2.75) is 22.6 Å². The number of hydrogen-bond acceptors (Lipinski definition) is 2. The van der Waals surface area contributed by atoms with Gasteiger partial charge in [0.1, 0.15) is 0 Å². The van der Waals surface area contributed by atoms with Gasteiger partial charge in [-0.25, -0.2) is 8.42 Å². The van der Waals surface area contributed by atoms with E-state index in [-0.39, 0.29) is 0 Å². The van der Waals surface area contributed by atoms with Gasteiger partial charge in [-0.05, 0) is 81.6 Å². The van der Waals surface area contributed by atoms with E-state index in [1.807, 2.05) is 97.1 Å².